The molecule has 0 N–H and O–H groups in total. The number of imidazole rings is 1. The van der Waals surface area contributed by atoms with Gasteiger partial charge in [-0.25, -0.2) is 9.97 Å². The summed E-state index contributed by atoms with van der Waals surface area (Å²) in [6.07, 6.45) is 2.04. The first-order valence-corrected chi connectivity index (χ1v) is 11.7. The lowest BCUT2D eigenvalue weighted by atomic mass is 10.1. The van der Waals surface area contributed by atoms with E-state index in [1.807, 2.05) is 48.7 Å². The molecule has 34 heavy (non-hydrogen) atoms. The Balaban J connectivity index is 1.34. The molecule has 5 rings (SSSR count). The summed E-state index contributed by atoms with van der Waals surface area (Å²) in [6, 6.07) is 17.0. The van der Waals surface area contributed by atoms with Gasteiger partial charge < -0.3 is 14.0 Å². The summed E-state index contributed by atoms with van der Waals surface area (Å²) in [7, 11) is 1.52. The van der Waals surface area contributed by atoms with Crippen LogP contribution in [0, 0.1) is 0 Å². The first-order valence-electron chi connectivity index (χ1n) is 11.0. The number of fused-ring (bicyclic) bond motifs is 1. The second-order valence-electron chi connectivity index (χ2n) is 8.10. The van der Waals surface area contributed by atoms with Crippen molar-refractivity contribution in [3.63, 3.8) is 0 Å². The number of ether oxygens (including phenoxy) is 1. The van der Waals surface area contributed by atoms with Gasteiger partial charge >= 0.3 is 0 Å². The second kappa shape index (κ2) is 9.62. The maximum Gasteiger partial charge on any atom is 0.274 e. The Morgan fingerprint density at radius 3 is 2.47 bits per heavy atom. The minimum Gasteiger partial charge on any atom is -0.481 e. The molecule has 174 valence electrons. The number of halogens is 2. The fourth-order valence-corrected chi connectivity index (χ4v) is 4.51. The molecule has 1 aromatic carbocycles. The van der Waals surface area contributed by atoms with E-state index < -0.39 is 0 Å². The summed E-state index contributed by atoms with van der Waals surface area (Å²) < 4.78 is 7.27. The van der Waals surface area contributed by atoms with Gasteiger partial charge in [-0.15, -0.1) is 0 Å². The van der Waals surface area contributed by atoms with E-state index in [9.17, 15) is 4.79 Å². The van der Waals surface area contributed by atoms with Gasteiger partial charge in [-0.2, -0.15) is 0 Å². The Bertz CT molecular complexity index is 1330. The molecule has 9 heteroatoms. The molecule has 1 aliphatic rings. The minimum absolute atomic E-state index is 0.180. The predicted octanol–water partition coefficient (Wildman–Crippen LogP) is 4.67. The number of hydrogen-bond donors (Lipinski definition) is 0. The van der Waals surface area contributed by atoms with Crippen LogP contribution in [0.25, 0.3) is 16.9 Å². The highest BCUT2D eigenvalue weighted by Gasteiger charge is 2.26. The summed E-state index contributed by atoms with van der Waals surface area (Å²) >= 11 is 12.3. The van der Waals surface area contributed by atoms with E-state index in [0.717, 1.165) is 35.7 Å². The number of piperazine rings is 1. The Labute approximate surface area is 207 Å². The lowest BCUT2D eigenvalue weighted by molar-refractivity contribution is 0.0620. The smallest absolute Gasteiger partial charge is 0.274 e. The predicted molar refractivity (Wildman–Crippen MR) is 133 cm³/mol. The quantitative estimate of drug-likeness (QED) is 0.402. The van der Waals surface area contributed by atoms with Gasteiger partial charge in [0.15, 0.2) is 5.69 Å². The summed E-state index contributed by atoms with van der Waals surface area (Å²) in [5.74, 6) is 0.189. The molecule has 0 unspecified atom stereocenters. The molecule has 1 aliphatic heterocycles. The van der Waals surface area contributed by atoms with Crippen LogP contribution in [-0.4, -0.2) is 63.4 Å². The second-order valence-corrected chi connectivity index (χ2v) is 8.94. The maximum absolute atomic E-state index is 13.0. The number of rotatable bonds is 5. The van der Waals surface area contributed by atoms with Gasteiger partial charge in [0, 0.05) is 55.6 Å². The summed E-state index contributed by atoms with van der Waals surface area (Å²) in [5.41, 5.74) is 4.19. The first-order chi connectivity index (χ1) is 16.5. The molecule has 0 spiro atoms. The van der Waals surface area contributed by atoms with Crippen LogP contribution in [0.3, 0.4) is 0 Å². The molecule has 0 aliphatic carbocycles. The third-order valence-electron chi connectivity index (χ3n) is 6.01. The van der Waals surface area contributed by atoms with Crippen molar-refractivity contribution in [3.05, 3.63) is 82.2 Å². The van der Waals surface area contributed by atoms with E-state index in [-0.39, 0.29) is 11.6 Å². The van der Waals surface area contributed by atoms with Gasteiger partial charge in [0.1, 0.15) is 5.65 Å². The van der Waals surface area contributed by atoms with Crippen LogP contribution in [-0.2, 0) is 6.54 Å². The van der Waals surface area contributed by atoms with Crippen molar-refractivity contribution in [3.8, 4) is 17.1 Å². The zero-order valence-corrected chi connectivity index (χ0v) is 20.1. The molecule has 4 heterocycles. The molecular formula is C25H23Cl2N5O2. The highest BCUT2D eigenvalue weighted by molar-refractivity contribution is 6.33. The highest BCUT2D eigenvalue weighted by Crippen LogP contribution is 2.27. The molecular weight excluding hydrogens is 473 g/mol. The number of hydrogen-bond acceptors (Lipinski definition) is 5. The minimum atomic E-state index is -0.180. The van der Waals surface area contributed by atoms with Gasteiger partial charge in [-0.05, 0) is 30.3 Å². The standard InChI is InChI=1S/C25H23Cl2N5O2/c1-34-22-10-9-19(27)24(29-22)25(33)31-14-12-30(13-15-31)16-20-23(17-5-7-18(26)8-6-17)28-21-4-2-3-11-32(20)21/h2-11H,12-16H2,1H3. The van der Waals surface area contributed by atoms with Crippen LogP contribution in [0.15, 0.2) is 60.8 Å². The van der Waals surface area contributed by atoms with Crippen LogP contribution in [0.2, 0.25) is 10.0 Å². The number of aromatic nitrogens is 3. The summed E-state index contributed by atoms with van der Waals surface area (Å²) in [6.45, 7) is 3.34. The number of pyridine rings is 2. The van der Waals surface area contributed by atoms with E-state index in [1.165, 1.54) is 7.11 Å². The maximum atomic E-state index is 13.0. The number of benzene rings is 1. The van der Waals surface area contributed by atoms with Gasteiger partial charge in [0.25, 0.3) is 5.91 Å². The van der Waals surface area contributed by atoms with Crippen LogP contribution >= 0.6 is 23.2 Å². The number of amides is 1. The average molecular weight is 496 g/mol. The molecule has 1 fully saturated rings. The molecule has 7 nitrogen and oxygen atoms in total. The Kier molecular flexibility index (Phi) is 6.41. The Hall–Kier alpha value is -3.13. The molecule has 0 saturated carbocycles. The van der Waals surface area contributed by atoms with Crippen LogP contribution in [0.4, 0.5) is 0 Å². The van der Waals surface area contributed by atoms with Crippen molar-refractivity contribution in [1.29, 1.82) is 0 Å². The van der Waals surface area contributed by atoms with E-state index in [0.29, 0.717) is 35.6 Å². The van der Waals surface area contributed by atoms with Crippen molar-refractivity contribution in [2.24, 2.45) is 0 Å². The third-order valence-corrected chi connectivity index (χ3v) is 6.57. The third kappa shape index (κ3) is 4.46. The van der Waals surface area contributed by atoms with E-state index in [4.69, 9.17) is 32.9 Å². The van der Waals surface area contributed by atoms with Crippen molar-refractivity contribution in [1.82, 2.24) is 24.2 Å². The van der Waals surface area contributed by atoms with Crippen LogP contribution < -0.4 is 4.74 Å². The van der Waals surface area contributed by atoms with Gasteiger partial charge in [-0.3, -0.25) is 9.69 Å². The Morgan fingerprint density at radius 1 is 0.971 bits per heavy atom. The topological polar surface area (TPSA) is 63.0 Å². The monoisotopic (exact) mass is 495 g/mol. The molecule has 0 bridgehead atoms. The lowest BCUT2D eigenvalue weighted by Crippen LogP contribution is -2.48. The normalized spacial score (nSPS) is 14.5. The molecule has 0 atom stereocenters. The SMILES string of the molecule is COc1ccc(Cl)c(C(=O)N2CCN(Cc3c(-c4ccc(Cl)cc4)nc4ccccn34)CC2)n1. The average Bonchev–Trinajstić information content (AvgIpc) is 3.23. The van der Waals surface area contributed by atoms with E-state index >= 15 is 0 Å². The Morgan fingerprint density at radius 2 is 1.74 bits per heavy atom. The zero-order valence-electron chi connectivity index (χ0n) is 18.6. The largest absolute Gasteiger partial charge is 0.481 e. The molecule has 0 radical (unpaired) electrons. The van der Waals surface area contributed by atoms with Crippen molar-refractivity contribution in [2.75, 3.05) is 33.3 Å². The van der Waals surface area contributed by atoms with Gasteiger partial charge in [-0.1, -0.05) is 41.4 Å². The molecule has 1 amide bonds. The lowest BCUT2D eigenvalue weighted by Gasteiger charge is -2.34. The van der Waals surface area contributed by atoms with Gasteiger partial charge in [0.2, 0.25) is 5.88 Å². The molecule has 3 aromatic heterocycles. The fourth-order valence-electron chi connectivity index (χ4n) is 4.20. The van der Waals surface area contributed by atoms with Gasteiger partial charge in [0.05, 0.1) is 23.5 Å². The fraction of sp³-hybridized carbons (Fsp3) is 0.240. The summed E-state index contributed by atoms with van der Waals surface area (Å²) in [4.78, 5) is 26.3. The van der Waals surface area contributed by atoms with E-state index in [1.54, 1.807) is 17.0 Å². The highest BCUT2D eigenvalue weighted by atomic mass is 35.5. The number of methoxy groups -OCH3 is 1. The first kappa shape index (κ1) is 22.7. The van der Waals surface area contributed by atoms with Crippen molar-refractivity contribution in [2.45, 2.75) is 6.54 Å². The number of nitrogens with zero attached hydrogens (tertiary/aromatic N) is 5. The summed E-state index contributed by atoms with van der Waals surface area (Å²) in [5, 5.41) is 1.02. The zero-order chi connectivity index (χ0) is 23.7. The number of carbonyl (C=O) groups is 1. The number of carbonyl (C=O) groups excluding carboxylic acids is 1. The molecule has 4 aromatic rings. The van der Waals surface area contributed by atoms with E-state index in [2.05, 4.69) is 14.3 Å². The van der Waals surface area contributed by atoms with Crippen LogP contribution in [0.1, 0.15) is 16.2 Å². The van der Waals surface area contributed by atoms with Crippen molar-refractivity contribution >= 4 is 34.8 Å². The van der Waals surface area contributed by atoms with Crippen molar-refractivity contribution < 1.29 is 9.53 Å². The van der Waals surface area contributed by atoms with Crippen LogP contribution in [0.5, 0.6) is 5.88 Å². The molecule has 1 saturated heterocycles.